The molecule has 1 N–H and O–H groups in total. The molecule has 1 rings (SSSR count). The second kappa shape index (κ2) is 5.90. The molecule has 1 aromatic carbocycles. The van der Waals surface area contributed by atoms with Crippen molar-refractivity contribution in [3.05, 3.63) is 29.3 Å². The number of likely N-dealkylation sites (N-methyl/N-ethyl adjacent to an activating group) is 1. The normalized spacial score (nSPS) is 11.2. The molecule has 0 bridgehead atoms. The van der Waals surface area contributed by atoms with Gasteiger partial charge in [0, 0.05) is 0 Å². The smallest absolute Gasteiger partial charge is 0.137 e. The molecular formula is C14H24NO+. The van der Waals surface area contributed by atoms with Crippen LogP contribution in [0, 0.1) is 6.92 Å². The zero-order chi connectivity index (χ0) is 12.1. The largest absolute Gasteiger partial charge is 0.487 e. The van der Waals surface area contributed by atoms with Gasteiger partial charge in [0.2, 0.25) is 0 Å². The highest BCUT2D eigenvalue weighted by molar-refractivity contribution is 5.39. The fourth-order valence-electron chi connectivity index (χ4n) is 1.61. The molecule has 0 aliphatic heterocycles. The molecule has 0 aliphatic carbocycles. The van der Waals surface area contributed by atoms with Crippen molar-refractivity contribution in [1.29, 1.82) is 0 Å². The molecule has 1 aromatic rings. The van der Waals surface area contributed by atoms with E-state index in [1.807, 2.05) is 0 Å². The first-order valence-electron chi connectivity index (χ1n) is 6.03. The molecule has 16 heavy (non-hydrogen) atoms. The molecule has 90 valence electrons. The van der Waals surface area contributed by atoms with Crippen LogP contribution in [-0.4, -0.2) is 27.2 Å². The molecule has 0 spiro atoms. The molecule has 0 amide bonds. The third-order valence-electron chi connectivity index (χ3n) is 2.65. The van der Waals surface area contributed by atoms with Gasteiger partial charge in [0.15, 0.2) is 0 Å². The third kappa shape index (κ3) is 3.86. The molecular weight excluding hydrogens is 198 g/mol. The maximum atomic E-state index is 5.87. The number of hydrogen-bond acceptors (Lipinski definition) is 1. The highest BCUT2D eigenvalue weighted by Crippen LogP contribution is 2.27. The Morgan fingerprint density at radius 3 is 2.50 bits per heavy atom. The van der Waals surface area contributed by atoms with Crippen molar-refractivity contribution < 1.29 is 9.64 Å². The van der Waals surface area contributed by atoms with E-state index in [2.05, 4.69) is 53.1 Å². The monoisotopic (exact) mass is 222 g/mol. The predicted molar refractivity (Wildman–Crippen MR) is 68.4 cm³/mol. The molecule has 0 atom stereocenters. The van der Waals surface area contributed by atoms with Crippen LogP contribution in [0.15, 0.2) is 18.2 Å². The van der Waals surface area contributed by atoms with Gasteiger partial charge in [-0.1, -0.05) is 26.0 Å². The van der Waals surface area contributed by atoms with Crippen molar-refractivity contribution in [3.8, 4) is 5.75 Å². The predicted octanol–water partition coefficient (Wildman–Crippen LogP) is 1.64. The first-order valence-corrected chi connectivity index (χ1v) is 6.03. The van der Waals surface area contributed by atoms with Crippen molar-refractivity contribution in [2.45, 2.75) is 26.7 Å². The summed E-state index contributed by atoms with van der Waals surface area (Å²) in [5, 5.41) is 0. The van der Waals surface area contributed by atoms with Gasteiger partial charge >= 0.3 is 0 Å². The van der Waals surface area contributed by atoms with Gasteiger partial charge in [-0.25, -0.2) is 0 Å². The molecule has 0 heterocycles. The summed E-state index contributed by atoms with van der Waals surface area (Å²) in [5.74, 6) is 1.57. The SMILES string of the molecule is Cc1ccc(C(C)C)c(OCC[NH+](C)C)c1. The summed E-state index contributed by atoms with van der Waals surface area (Å²) in [6.45, 7) is 8.33. The quantitative estimate of drug-likeness (QED) is 0.799. The Morgan fingerprint density at radius 2 is 1.94 bits per heavy atom. The molecule has 0 radical (unpaired) electrons. The van der Waals surface area contributed by atoms with E-state index in [1.165, 1.54) is 16.0 Å². The van der Waals surface area contributed by atoms with Crippen molar-refractivity contribution in [2.24, 2.45) is 0 Å². The lowest BCUT2D eigenvalue weighted by molar-refractivity contribution is -0.858. The molecule has 0 fully saturated rings. The number of rotatable bonds is 5. The summed E-state index contributed by atoms with van der Waals surface area (Å²) < 4.78 is 5.87. The van der Waals surface area contributed by atoms with Crippen LogP contribution in [0.25, 0.3) is 0 Å². The van der Waals surface area contributed by atoms with E-state index in [1.54, 1.807) is 0 Å². The van der Waals surface area contributed by atoms with Crippen LogP contribution >= 0.6 is 0 Å². The van der Waals surface area contributed by atoms with Gasteiger partial charge in [0.05, 0.1) is 14.1 Å². The van der Waals surface area contributed by atoms with E-state index in [0.29, 0.717) is 5.92 Å². The number of nitrogens with one attached hydrogen (secondary N) is 1. The van der Waals surface area contributed by atoms with Crippen LogP contribution in [0.2, 0.25) is 0 Å². The van der Waals surface area contributed by atoms with Gasteiger partial charge < -0.3 is 9.64 Å². The van der Waals surface area contributed by atoms with Gasteiger partial charge in [0.1, 0.15) is 18.9 Å². The summed E-state index contributed by atoms with van der Waals surface area (Å²) in [6, 6.07) is 6.47. The van der Waals surface area contributed by atoms with Gasteiger partial charge in [-0.3, -0.25) is 0 Å². The maximum Gasteiger partial charge on any atom is 0.137 e. The summed E-state index contributed by atoms with van der Waals surface area (Å²) >= 11 is 0. The topological polar surface area (TPSA) is 13.7 Å². The van der Waals surface area contributed by atoms with E-state index < -0.39 is 0 Å². The fourth-order valence-corrected chi connectivity index (χ4v) is 1.61. The third-order valence-corrected chi connectivity index (χ3v) is 2.65. The van der Waals surface area contributed by atoms with Crippen molar-refractivity contribution >= 4 is 0 Å². The Hall–Kier alpha value is -1.02. The van der Waals surface area contributed by atoms with Gasteiger partial charge in [-0.05, 0) is 30.0 Å². The Balaban J connectivity index is 2.72. The van der Waals surface area contributed by atoms with Crippen LogP contribution < -0.4 is 9.64 Å². The molecule has 0 aromatic heterocycles. The fraction of sp³-hybridized carbons (Fsp3) is 0.571. The second-order valence-corrected chi connectivity index (χ2v) is 5.00. The van der Waals surface area contributed by atoms with E-state index in [-0.39, 0.29) is 0 Å². The number of ether oxygens (including phenoxy) is 1. The van der Waals surface area contributed by atoms with Crippen LogP contribution in [0.5, 0.6) is 5.75 Å². The van der Waals surface area contributed by atoms with Crippen molar-refractivity contribution in [1.82, 2.24) is 0 Å². The highest BCUT2D eigenvalue weighted by atomic mass is 16.5. The van der Waals surface area contributed by atoms with E-state index in [4.69, 9.17) is 4.74 Å². The second-order valence-electron chi connectivity index (χ2n) is 5.00. The standard InChI is InChI=1S/C14H23NO/c1-11(2)13-7-6-12(3)10-14(13)16-9-8-15(4)5/h6-7,10-11H,8-9H2,1-5H3/p+1. The highest BCUT2D eigenvalue weighted by Gasteiger charge is 2.08. The van der Waals surface area contributed by atoms with Gasteiger partial charge in [-0.15, -0.1) is 0 Å². The number of aryl methyl sites for hydroxylation is 1. The van der Waals surface area contributed by atoms with Gasteiger partial charge in [-0.2, -0.15) is 0 Å². The Labute approximate surface area is 99.2 Å². The number of benzene rings is 1. The Kier molecular flexibility index (Phi) is 4.81. The Morgan fingerprint density at radius 1 is 1.25 bits per heavy atom. The average molecular weight is 222 g/mol. The minimum Gasteiger partial charge on any atom is -0.487 e. The average Bonchev–Trinajstić information content (AvgIpc) is 2.16. The minimum atomic E-state index is 0.516. The van der Waals surface area contributed by atoms with Crippen molar-refractivity contribution in [2.75, 3.05) is 27.2 Å². The Bertz CT molecular complexity index is 332. The molecule has 0 unspecified atom stereocenters. The lowest BCUT2D eigenvalue weighted by atomic mass is 10.0. The maximum absolute atomic E-state index is 5.87. The first-order chi connectivity index (χ1) is 7.50. The molecule has 0 saturated heterocycles. The van der Waals surface area contributed by atoms with E-state index in [0.717, 1.165) is 18.9 Å². The summed E-state index contributed by atoms with van der Waals surface area (Å²) in [5.41, 5.74) is 2.57. The summed E-state index contributed by atoms with van der Waals surface area (Å²) in [4.78, 5) is 1.42. The van der Waals surface area contributed by atoms with Crippen LogP contribution in [0.3, 0.4) is 0 Å². The lowest BCUT2D eigenvalue weighted by Gasteiger charge is -2.15. The number of quaternary nitrogens is 1. The molecule has 2 heteroatoms. The molecule has 0 saturated carbocycles. The summed E-state index contributed by atoms with van der Waals surface area (Å²) in [6.07, 6.45) is 0. The van der Waals surface area contributed by atoms with Gasteiger partial charge in [0.25, 0.3) is 0 Å². The lowest BCUT2D eigenvalue weighted by Crippen LogP contribution is -3.06. The van der Waals surface area contributed by atoms with E-state index in [9.17, 15) is 0 Å². The van der Waals surface area contributed by atoms with Crippen LogP contribution in [-0.2, 0) is 0 Å². The summed E-state index contributed by atoms with van der Waals surface area (Å²) in [7, 11) is 4.28. The molecule has 2 nitrogen and oxygen atoms in total. The number of hydrogen-bond donors (Lipinski definition) is 1. The zero-order valence-corrected chi connectivity index (χ0v) is 11.1. The van der Waals surface area contributed by atoms with Crippen LogP contribution in [0.4, 0.5) is 0 Å². The van der Waals surface area contributed by atoms with E-state index >= 15 is 0 Å². The van der Waals surface area contributed by atoms with Crippen molar-refractivity contribution in [3.63, 3.8) is 0 Å². The zero-order valence-electron chi connectivity index (χ0n) is 11.1. The van der Waals surface area contributed by atoms with Crippen LogP contribution in [0.1, 0.15) is 30.9 Å². The minimum absolute atomic E-state index is 0.516. The molecule has 0 aliphatic rings. The first kappa shape index (κ1) is 13.0.